The molecule has 2 aromatic rings. The number of urea groups is 1. The zero-order valence-corrected chi connectivity index (χ0v) is 18.8. The average molecular weight is 459 g/mol. The quantitative estimate of drug-likeness (QED) is 0.578. The molecule has 1 aromatic carbocycles. The number of hydrogen-bond donors (Lipinski definition) is 2. The van der Waals surface area contributed by atoms with E-state index >= 15 is 0 Å². The number of benzene rings is 1. The number of nitrogens with zero attached hydrogens (tertiary/aromatic N) is 2. The highest BCUT2D eigenvalue weighted by Crippen LogP contribution is 2.25. The van der Waals surface area contributed by atoms with Crippen LogP contribution in [0, 0.1) is 5.92 Å². The lowest BCUT2D eigenvalue weighted by molar-refractivity contribution is 0.0944. The zero-order chi connectivity index (χ0) is 21.4. The molecule has 0 radical (unpaired) electrons. The molecule has 0 fully saturated rings. The molecule has 0 saturated carbocycles. The molecule has 1 heterocycles. The molecule has 158 valence electrons. The van der Waals surface area contributed by atoms with Gasteiger partial charge in [-0.05, 0) is 24.1 Å². The molecular formula is C19H24Cl2N4O3S. The summed E-state index contributed by atoms with van der Waals surface area (Å²) in [6, 6.07) is 4.53. The lowest BCUT2D eigenvalue weighted by Gasteiger charge is -2.22. The summed E-state index contributed by atoms with van der Waals surface area (Å²) in [4.78, 5) is 30.8. The number of ether oxygens (including phenoxy) is 1. The maximum Gasteiger partial charge on any atom is 0.322 e. The van der Waals surface area contributed by atoms with Crippen LogP contribution in [0.2, 0.25) is 10.0 Å². The number of anilines is 1. The fraction of sp³-hybridized carbons (Fsp3) is 0.421. The van der Waals surface area contributed by atoms with Crippen molar-refractivity contribution in [3.05, 3.63) is 44.3 Å². The van der Waals surface area contributed by atoms with Gasteiger partial charge >= 0.3 is 6.03 Å². The molecule has 0 unspecified atom stereocenters. The SMILES string of the molecule is COCCN(Cc1nc(C(=O)NCC(C)C)cs1)C(=O)Nc1ccc(Cl)c(Cl)c1. The van der Waals surface area contributed by atoms with Gasteiger partial charge < -0.3 is 20.3 Å². The fourth-order valence-electron chi connectivity index (χ4n) is 2.27. The summed E-state index contributed by atoms with van der Waals surface area (Å²) in [6.45, 7) is 5.59. The van der Waals surface area contributed by atoms with Crippen molar-refractivity contribution < 1.29 is 14.3 Å². The van der Waals surface area contributed by atoms with Gasteiger partial charge in [0.05, 0.1) is 23.2 Å². The molecule has 2 N–H and O–H groups in total. The smallest absolute Gasteiger partial charge is 0.322 e. The molecule has 10 heteroatoms. The van der Waals surface area contributed by atoms with Crippen LogP contribution in [0.3, 0.4) is 0 Å². The van der Waals surface area contributed by atoms with Gasteiger partial charge in [-0.3, -0.25) is 4.79 Å². The Labute approximate surface area is 184 Å². The molecule has 1 aromatic heterocycles. The minimum Gasteiger partial charge on any atom is -0.383 e. The Morgan fingerprint density at radius 2 is 2.03 bits per heavy atom. The Balaban J connectivity index is 2.05. The van der Waals surface area contributed by atoms with Crippen LogP contribution in [0.25, 0.3) is 0 Å². The molecular weight excluding hydrogens is 435 g/mol. The van der Waals surface area contributed by atoms with E-state index < -0.39 is 0 Å². The van der Waals surface area contributed by atoms with E-state index in [2.05, 4.69) is 15.6 Å². The van der Waals surface area contributed by atoms with Crippen molar-refractivity contribution in [2.75, 3.05) is 32.1 Å². The first-order chi connectivity index (χ1) is 13.8. The van der Waals surface area contributed by atoms with E-state index in [1.807, 2.05) is 13.8 Å². The van der Waals surface area contributed by atoms with Crippen molar-refractivity contribution in [2.45, 2.75) is 20.4 Å². The van der Waals surface area contributed by atoms with E-state index in [-0.39, 0.29) is 18.5 Å². The van der Waals surface area contributed by atoms with Gasteiger partial charge in [-0.25, -0.2) is 9.78 Å². The Morgan fingerprint density at radius 1 is 1.28 bits per heavy atom. The first kappa shape index (κ1) is 23.4. The number of carbonyl (C=O) groups is 2. The predicted octanol–water partition coefficient (Wildman–Crippen LogP) is 4.52. The first-order valence-electron chi connectivity index (χ1n) is 9.02. The van der Waals surface area contributed by atoms with Crippen molar-refractivity contribution in [3.63, 3.8) is 0 Å². The second kappa shape index (κ2) is 11.3. The summed E-state index contributed by atoms with van der Waals surface area (Å²) >= 11 is 13.2. The largest absolute Gasteiger partial charge is 0.383 e. The third kappa shape index (κ3) is 7.47. The van der Waals surface area contributed by atoms with Crippen molar-refractivity contribution in [2.24, 2.45) is 5.92 Å². The van der Waals surface area contributed by atoms with Gasteiger partial charge in [0, 0.05) is 31.3 Å². The van der Waals surface area contributed by atoms with Gasteiger partial charge in [-0.1, -0.05) is 37.0 Å². The standard InChI is InChI=1S/C19H24Cl2N4O3S/c1-12(2)9-22-18(26)16-11-29-17(24-16)10-25(6-7-28-3)19(27)23-13-4-5-14(20)15(21)8-13/h4-5,8,11-12H,6-7,9-10H2,1-3H3,(H,22,26)(H,23,27). The van der Waals surface area contributed by atoms with E-state index in [0.29, 0.717) is 52.0 Å². The molecule has 0 spiro atoms. The Kier molecular flexibility index (Phi) is 9.16. The Bertz CT molecular complexity index is 845. The number of halogens is 2. The van der Waals surface area contributed by atoms with Gasteiger partial charge in [-0.15, -0.1) is 11.3 Å². The van der Waals surface area contributed by atoms with Crippen LogP contribution in [-0.2, 0) is 11.3 Å². The molecule has 29 heavy (non-hydrogen) atoms. The summed E-state index contributed by atoms with van der Waals surface area (Å²) in [7, 11) is 1.57. The normalized spacial score (nSPS) is 10.8. The van der Waals surface area contributed by atoms with Gasteiger partial charge in [0.2, 0.25) is 0 Å². The third-order valence-corrected chi connectivity index (χ3v) is 5.38. The Morgan fingerprint density at radius 3 is 2.69 bits per heavy atom. The summed E-state index contributed by atoms with van der Waals surface area (Å²) in [5.74, 6) is 0.136. The van der Waals surface area contributed by atoms with Gasteiger partial charge in [-0.2, -0.15) is 0 Å². The maximum atomic E-state index is 12.7. The number of methoxy groups -OCH3 is 1. The number of aromatic nitrogens is 1. The third-order valence-electron chi connectivity index (χ3n) is 3.80. The van der Waals surface area contributed by atoms with Gasteiger partial charge in [0.15, 0.2) is 0 Å². The minimum absolute atomic E-state index is 0.218. The van der Waals surface area contributed by atoms with Crippen molar-refractivity contribution in [1.82, 2.24) is 15.2 Å². The lowest BCUT2D eigenvalue weighted by Crippen LogP contribution is -2.37. The summed E-state index contributed by atoms with van der Waals surface area (Å²) in [5, 5.41) is 8.73. The highest BCUT2D eigenvalue weighted by molar-refractivity contribution is 7.09. The van der Waals surface area contributed by atoms with Crippen LogP contribution >= 0.6 is 34.5 Å². The highest BCUT2D eigenvalue weighted by atomic mass is 35.5. The number of rotatable bonds is 9. The van der Waals surface area contributed by atoms with E-state index in [0.717, 1.165) is 0 Å². The minimum atomic E-state index is -0.332. The molecule has 0 aliphatic rings. The Hall–Kier alpha value is -1.87. The summed E-state index contributed by atoms with van der Waals surface area (Å²) in [6.07, 6.45) is 0. The number of amides is 3. The average Bonchev–Trinajstić information content (AvgIpc) is 3.14. The van der Waals surface area contributed by atoms with E-state index in [1.165, 1.54) is 11.3 Å². The van der Waals surface area contributed by atoms with E-state index in [9.17, 15) is 9.59 Å². The van der Waals surface area contributed by atoms with Crippen molar-refractivity contribution in [3.8, 4) is 0 Å². The fourth-order valence-corrected chi connectivity index (χ4v) is 3.36. The molecule has 0 aliphatic heterocycles. The van der Waals surface area contributed by atoms with E-state index in [1.54, 1.807) is 35.6 Å². The second-order valence-corrected chi connectivity index (χ2v) is 8.46. The number of nitrogens with one attached hydrogen (secondary N) is 2. The van der Waals surface area contributed by atoms with Crippen LogP contribution in [0.4, 0.5) is 10.5 Å². The molecule has 0 atom stereocenters. The van der Waals surface area contributed by atoms with E-state index in [4.69, 9.17) is 27.9 Å². The zero-order valence-electron chi connectivity index (χ0n) is 16.5. The summed E-state index contributed by atoms with van der Waals surface area (Å²) in [5.41, 5.74) is 0.877. The monoisotopic (exact) mass is 458 g/mol. The number of thiazole rings is 1. The second-order valence-electron chi connectivity index (χ2n) is 6.70. The highest BCUT2D eigenvalue weighted by Gasteiger charge is 2.18. The molecule has 2 rings (SSSR count). The van der Waals surface area contributed by atoms with Crippen LogP contribution in [0.1, 0.15) is 29.3 Å². The first-order valence-corrected chi connectivity index (χ1v) is 10.7. The van der Waals surface area contributed by atoms with Crippen LogP contribution in [-0.4, -0.2) is 48.6 Å². The number of carbonyl (C=O) groups excluding carboxylic acids is 2. The van der Waals surface area contributed by atoms with Gasteiger partial charge in [0.1, 0.15) is 10.7 Å². The topological polar surface area (TPSA) is 83.6 Å². The van der Waals surface area contributed by atoms with Crippen LogP contribution in [0.5, 0.6) is 0 Å². The number of hydrogen-bond acceptors (Lipinski definition) is 5. The molecule has 3 amide bonds. The lowest BCUT2D eigenvalue weighted by atomic mass is 10.2. The molecule has 7 nitrogen and oxygen atoms in total. The maximum absolute atomic E-state index is 12.7. The molecule has 0 saturated heterocycles. The van der Waals surface area contributed by atoms with Crippen molar-refractivity contribution >= 4 is 52.2 Å². The predicted molar refractivity (Wildman–Crippen MR) is 117 cm³/mol. The van der Waals surface area contributed by atoms with Crippen molar-refractivity contribution in [1.29, 1.82) is 0 Å². The van der Waals surface area contributed by atoms with Crippen LogP contribution < -0.4 is 10.6 Å². The van der Waals surface area contributed by atoms with Gasteiger partial charge in [0.25, 0.3) is 5.91 Å². The summed E-state index contributed by atoms with van der Waals surface area (Å²) < 4.78 is 5.10. The van der Waals surface area contributed by atoms with Crippen LogP contribution in [0.15, 0.2) is 23.6 Å². The molecule has 0 aliphatic carbocycles. The molecule has 0 bridgehead atoms.